The van der Waals surface area contributed by atoms with Crippen LogP contribution < -0.4 is 16.6 Å². The lowest BCUT2D eigenvalue weighted by molar-refractivity contribution is 0.0949. The number of amides is 1. The second-order valence-corrected chi connectivity index (χ2v) is 6.24. The first-order valence-electron chi connectivity index (χ1n) is 6.92. The Hall–Kier alpha value is -1.20. The first-order chi connectivity index (χ1) is 9.51. The lowest BCUT2D eigenvalue weighted by Crippen LogP contribution is -2.39. The van der Waals surface area contributed by atoms with Crippen LogP contribution in [0.15, 0.2) is 18.2 Å². The molecule has 1 rings (SSSR count). The molecule has 1 amide bonds. The van der Waals surface area contributed by atoms with Gasteiger partial charge in [0.1, 0.15) is 0 Å². The van der Waals surface area contributed by atoms with Crippen molar-refractivity contribution in [2.45, 2.75) is 38.4 Å². The van der Waals surface area contributed by atoms with E-state index in [0.717, 1.165) is 18.4 Å². The number of carbonyl (C=O) groups is 1. The molecule has 0 unspecified atom stereocenters. The van der Waals surface area contributed by atoms with Crippen LogP contribution in [0.5, 0.6) is 0 Å². The van der Waals surface area contributed by atoms with E-state index in [1.807, 2.05) is 36.9 Å². The van der Waals surface area contributed by atoms with Crippen molar-refractivity contribution in [3.8, 4) is 0 Å². The fourth-order valence-electron chi connectivity index (χ4n) is 2.17. The highest BCUT2D eigenvalue weighted by molar-refractivity contribution is 8.00. The quantitative estimate of drug-likeness (QED) is 0.534. The summed E-state index contributed by atoms with van der Waals surface area (Å²) in [6, 6.07) is 5.60. The molecule has 0 aliphatic heterocycles. The highest BCUT2D eigenvalue weighted by Crippen LogP contribution is 2.29. The minimum atomic E-state index is -0.0815. The van der Waals surface area contributed by atoms with Crippen LogP contribution >= 0.6 is 11.8 Å². The van der Waals surface area contributed by atoms with Crippen molar-refractivity contribution in [2.75, 3.05) is 18.2 Å². The van der Waals surface area contributed by atoms with Gasteiger partial charge in [0.05, 0.1) is 11.3 Å². The van der Waals surface area contributed by atoms with Gasteiger partial charge in [0, 0.05) is 11.3 Å². The van der Waals surface area contributed by atoms with Crippen molar-refractivity contribution in [1.29, 1.82) is 0 Å². The lowest BCUT2D eigenvalue weighted by atomic mass is 10.0. The summed E-state index contributed by atoms with van der Waals surface area (Å²) in [5, 5.41) is 3.04. The van der Waals surface area contributed by atoms with Crippen molar-refractivity contribution in [3.05, 3.63) is 29.3 Å². The number of anilines is 1. The monoisotopic (exact) mass is 295 g/mol. The molecule has 1 aromatic rings. The Morgan fingerprint density at radius 1 is 1.35 bits per heavy atom. The predicted molar refractivity (Wildman–Crippen MR) is 88.2 cm³/mol. The van der Waals surface area contributed by atoms with Gasteiger partial charge < -0.3 is 10.7 Å². The van der Waals surface area contributed by atoms with Gasteiger partial charge in [-0.25, -0.2) is 0 Å². The summed E-state index contributed by atoms with van der Waals surface area (Å²) in [7, 11) is 0. The van der Waals surface area contributed by atoms with Crippen LogP contribution in [0.25, 0.3) is 0 Å². The van der Waals surface area contributed by atoms with Crippen molar-refractivity contribution in [2.24, 2.45) is 5.84 Å². The van der Waals surface area contributed by atoms with E-state index < -0.39 is 0 Å². The van der Waals surface area contributed by atoms with E-state index in [1.165, 1.54) is 0 Å². The second kappa shape index (κ2) is 7.55. The maximum atomic E-state index is 12.4. The molecule has 0 bridgehead atoms. The normalized spacial score (nSPS) is 11.2. The number of hydrazine groups is 1. The number of hydrogen-bond acceptors (Lipinski definition) is 4. The molecule has 0 radical (unpaired) electrons. The van der Waals surface area contributed by atoms with Crippen LogP contribution in [0.3, 0.4) is 0 Å². The molecule has 1 aromatic carbocycles. The van der Waals surface area contributed by atoms with E-state index in [2.05, 4.69) is 30.8 Å². The molecule has 0 aliphatic carbocycles. The zero-order valence-corrected chi connectivity index (χ0v) is 13.6. The molecule has 4 nitrogen and oxygen atoms in total. The molecule has 4 N–H and O–H groups in total. The zero-order valence-electron chi connectivity index (χ0n) is 12.7. The van der Waals surface area contributed by atoms with Gasteiger partial charge in [-0.1, -0.05) is 25.5 Å². The summed E-state index contributed by atoms with van der Waals surface area (Å²) >= 11 is 1.81. The molecular formula is C15H25N3OS. The Labute approximate surface area is 125 Å². The average Bonchev–Trinajstić information content (AvgIpc) is 2.49. The third kappa shape index (κ3) is 3.90. The van der Waals surface area contributed by atoms with Gasteiger partial charge in [-0.15, -0.1) is 0 Å². The van der Waals surface area contributed by atoms with Crippen LogP contribution in [-0.4, -0.2) is 23.5 Å². The number of carbonyl (C=O) groups excluding carboxylic acids is 1. The van der Waals surface area contributed by atoms with E-state index in [-0.39, 0.29) is 10.7 Å². The van der Waals surface area contributed by atoms with Gasteiger partial charge in [-0.2, -0.15) is 11.8 Å². The number of rotatable bonds is 7. The van der Waals surface area contributed by atoms with E-state index in [4.69, 9.17) is 5.84 Å². The Morgan fingerprint density at radius 3 is 2.50 bits per heavy atom. The first kappa shape index (κ1) is 16.9. The van der Waals surface area contributed by atoms with E-state index in [0.29, 0.717) is 17.8 Å². The smallest absolute Gasteiger partial charge is 0.253 e. The molecule has 20 heavy (non-hydrogen) atoms. The van der Waals surface area contributed by atoms with E-state index >= 15 is 0 Å². The summed E-state index contributed by atoms with van der Waals surface area (Å²) in [5.41, 5.74) is 4.86. The minimum Gasteiger partial charge on any atom is -0.351 e. The molecule has 0 spiro atoms. The van der Waals surface area contributed by atoms with Crippen LogP contribution in [0, 0.1) is 6.92 Å². The summed E-state index contributed by atoms with van der Waals surface area (Å²) < 4.78 is 0.107. The van der Waals surface area contributed by atoms with Gasteiger partial charge in [0.25, 0.3) is 5.91 Å². The standard InChI is InChI=1S/C15H25N3OS/c1-5-15(6-2,20-4)10-17-14(19)12-9-11(3)7-8-13(12)18-16/h7-9,18H,5-6,10,16H2,1-4H3,(H,17,19). The number of nitrogen functional groups attached to an aromatic ring is 1. The third-order valence-corrected chi connectivity index (χ3v) is 5.46. The Kier molecular flexibility index (Phi) is 6.36. The van der Waals surface area contributed by atoms with Crippen molar-refractivity contribution >= 4 is 23.4 Å². The molecule has 112 valence electrons. The Bertz CT molecular complexity index is 450. The lowest BCUT2D eigenvalue weighted by Gasteiger charge is -2.30. The largest absolute Gasteiger partial charge is 0.351 e. The fraction of sp³-hybridized carbons (Fsp3) is 0.533. The zero-order chi connectivity index (χ0) is 15.2. The summed E-state index contributed by atoms with van der Waals surface area (Å²) in [4.78, 5) is 12.4. The SMILES string of the molecule is CCC(CC)(CNC(=O)c1cc(C)ccc1NN)SC. The number of nitrogens with two attached hydrogens (primary N) is 1. The van der Waals surface area contributed by atoms with Crippen LogP contribution in [-0.2, 0) is 0 Å². The highest BCUT2D eigenvalue weighted by Gasteiger charge is 2.26. The Balaban J connectivity index is 2.84. The molecule has 0 aliphatic rings. The van der Waals surface area contributed by atoms with Gasteiger partial charge in [0.2, 0.25) is 0 Å². The van der Waals surface area contributed by atoms with Gasteiger partial charge in [-0.3, -0.25) is 10.6 Å². The molecular weight excluding hydrogens is 270 g/mol. The number of aryl methyl sites for hydroxylation is 1. The number of thioether (sulfide) groups is 1. The summed E-state index contributed by atoms with van der Waals surface area (Å²) in [6.07, 6.45) is 4.15. The number of hydrogen-bond donors (Lipinski definition) is 3. The highest BCUT2D eigenvalue weighted by atomic mass is 32.2. The van der Waals surface area contributed by atoms with E-state index in [1.54, 1.807) is 0 Å². The molecule has 0 saturated heterocycles. The predicted octanol–water partition coefficient (Wildman–Crippen LogP) is 2.93. The molecule has 0 atom stereocenters. The first-order valence-corrected chi connectivity index (χ1v) is 8.15. The summed E-state index contributed by atoms with van der Waals surface area (Å²) in [6.45, 7) is 6.94. The van der Waals surface area contributed by atoms with Gasteiger partial charge in [0.15, 0.2) is 0 Å². The van der Waals surface area contributed by atoms with Crippen LogP contribution in [0.2, 0.25) is 0 Å². The minimum absolute atomic E-state index is 0.0815. The van der Waals surface area contributed by atoms with Crippen molar-refractivity contribution < 1.29 is 4.79 Å². The van der Waals surface area contributed by atoms with Gasteiger partial charge in [-0.05, 0) is 38.2 Å². The number of nitrogens with one attached hydrogen (secondary N) is 2. The number of benzene rings is 1. The second-order valence-electron chi connectivity index (χ2n) is 4.97. The van der Waals surface area contributed by atoms with Crippen molar-refractivity contribution in [1.82, 2.24) is 5.32 Å². The van der Waals surface area contributed by atoms with Gasteiger partial charge >= 0.3 is 0 Å². The molecule has 0 saturated carbocycles. The van der Waals surface area contributed by atoms with Crippen molar-refractivity contribution in [3.63, 3.8) is 0 Å². The van der Waals surface area contributed by atoms with Crippen LogP contribution in [0.4, 0.5) is 5.69 Å². The maximum Gasteiger partial charge on any atom is 0.253 e. The Morgan fingerprint density at radius 2 is 2.00 bits per heavy atom. The topological polar surface area (TPSA) is 67.2 Å². The van der Waals surface area contributed by atoms with E-state index in [9.17, 15) is 4.79 Å². The third-order valence-electron chi connectivity index (χ3n) is 3.87. The molecule has 0 heterocycles. The summed E-state index contributed by atoms with van der Waals surface area (Å²) in [5.74, 6) is 5.38. The average molecular weight is 295 g/mol. The fourth-order valence-corrected chi connectivity index (χ4v) is 2.96. The maximum absolute atomic E-state index is 12.4. The van der Waals surface area contributed by atoms with Crippen LogP contribution in [0.1, 0.15) is 42.6 Å². The molecule has 0 fully saturated rings. The molecule has 5 heteroatoms. The molecule has 0 aromatic heterocycles.